The molecule has 0 saturated carbocycles. The fourth-order valence-electron chi connectivity index (χ4n) is 7.10. The highest BCUT2D eigenvalue weighted by Gasteiger charge is 2.69. The van der Waals surface area contributed by atoms with Crippen molar-refractivity contribution in [1.29, 1.82) is 0 Å². The van der Waals surface area contributed by atoms with Crippen molar-refractivity contribution in [3.63, 3.8) is 0 Å². The van der Waals surface area contributed by atoms with Crippen LogP contribution in [0.3, 0.4) is 0 Å². The number of ketones is 1. The smallest absolute Gasteiger partial charge is 0.455 e. The van der Waals surface area contributed by atoms with E-state index in [1.807, 2.05) is 0 Å². The van der Waals surface area contributed by atoms with E-state index in [-0.39, 0.29) is 28.7 Å². The van der Waals surface area contributed by atoms with Crippen LogP contribution >= 0.6 is 69.6 Å². The lowest BCUT2D eigenvalue weighted by molar-refractivity contribution is -0.295. The number of carbonyl (C=O) groups excluding carboxylic acids is 5. The third-order valence-corrected chi connectivity index (χ3v) is 9.94. The number of fused-ring (bicyclic) bond motifs is 2. The maximum atomic E-state index is 14.6. The number of halogens is 6. The first kappa shape index (κ1) is 43.2. The van der Waals surface area contributed by atoms with Gasteiger partial charge in [-0.1, -0.05) is 32.0 Å². The van der Waals surface area contributed by atoms with Gasteiger partial charge in [-0.05, 0) is 107 Å². The molecule has 1 fully saturated rings. The first-order valence-electron chi connectivity index (χ1n) is 15.7. The van der Waals surface area contributed by atoms with Crippen LogP contribution in [0.1, 0.15) is 57.8 Å². The first-order chi connectivity index (χ1) is 24.3. The molecule has 14 nitrogen and oxygen atoms in total. The van der Waals surface area contributed by atoms with Crippen LogP contribution in [0.15, 0.2) is 52.8 Å². The van der Waals surface area contributed by atoms with Gasteiger partial charge in [-0.15, -0.1) is 0 Å². The molecule has 0 amide bonds. The van der Waals surface area contributed by atoms with Crippen LogP contribution in [-0.4, -0.2) is 90.9 Å². The molecule has 1 aromatic rings. The van der Waals surface area contributed by atoms with E-state index < -0.39 is 104 Å². The van der Waals surface area contributed by atoms with Gasteiger partial charge in [-0.3, -0.25) is 9.59 Å². The lowest BCUT2D eigenvalue weighted by atomic mass is 9.53. The minimum absolute atomic E-state index is 0.0438. The molecule has 2 bridgehead atoms. The summed E-state index contributed by atoms with van der Waals surface area (Å²) in [7, 11) is 0. The molecule has 1 saturated heterocycles. The van der Waals surface area contributed by atoms with Crippen molar-refractivity contribution in [2.24, 2.45) is 11.3 Å². The second-order valence-electron chi connectivity index (χ2n) is 13.0. The lowest BCUT2D eigenvalue weighted by Gasteiger charge is -2.60. The average Bonchev–Trinajstić information content (AvgIpc) is 3.01. The Morgan fingerprint density at radius 2 is 1.53 bits per heavy atom. The molecule has 4 rings (SSSR count). The lowest BCUT2D eigenvalue weighted by Crippen LogP contribution is -2.73. The number of hydrogen-bond donors (Lipinski definition) is 2. The molecular formula is C33H34Cl6O14. The number of aliphatic hydroxyl groups is 2. The minimum atomic E-state index is -2.64. The molecule has 20 heteroatoms. The van der Waals surface area contributed by atoms with Crippen LogP contribution in [-0.2, 0) is 42.7 Å². The molecule has 2 aliphatic carbocycles. The van der Waals surface area contributed by atoms with Gasteiger partial charge in [0.05, 0.1) is 30.8 Å². The fraction of sp³-hybridized carbons (Fsp3) is 0.545. The van der Waals surface area contributed by atoms with E-state index in [4.69, 9.17) is 93.3 Å². The second kappa shape index (κ2) is 15.9. The number of allylic oxidation sites excluding steroid dienone is 1. The second-order valence-corrected chi connectivity index (χ2v) is 17.4. The molecule has 3 aliphatic rings. The maximum Gasteiger partial charge on any atom is 0.517 e. The highest BCUT2D eigenvalue weighted by molar-refractivity contribution is 6.67. The highest BCUT2D eigenvalue weighted by Crippen LogP contribution is 2.58. The number of esters is 2. The molecule has 2 N–H and O–H groups in total. The Morgan fingerprint density at radius 3 is 2.06 bits per heavy atom. The number of ether oxygens (including phenoxy) is 7. The van der Waals surface area contributed by atoms with Crippen molar-refractivity contribution in [2.75, 3.05) is 13.2 Å². The summed E-state index contributed by atoms with van der Waals surface area (Å²) in [6.45, 7) is 5.78. The zero-order valence-electron chi connectivity index (χ0n) is 28.6. The van der Waals surface area contributed by atoms with Gasteiger partial charge in [-0.25, -0.2) is 14.4 Å². The predicted octanol–water partition coefficient (Wildman–Crippen LogP) is 6.58. The van der Waals surface area contributed by atoms with Gasteiger partial charge >= 0.3 is 32.2 Å². The zero-order valence-corrected chi connectivity index (χ0v) is 33.1. The Hall–Kier alpha value is -2.53. The minimum Gasteiger partial charge on any atom is -0.455 e. The van der Waals surface area contributed by atoms with E-state index in [2.05, 4.69) is 9.47 Å². The Labute approximate surface area is 333 Å². The molecule has 0 spiro atoms. The first-order valence-corrected chi connectivity index (χ1v) is 18.0. The van der Waals surface area contributed by atoms with Gasteiger partial charge in [0.15, 0.2) is 11.4 Å². The molecule has 0 aromatic heterocycles. The van der Waals surface area contributed by atoms with Crippen LogP contribution in [0.5, 0.6) is 0 Å². The molecule has 1 heterocycles. The third kappa shape index (κ3) is 9.13. The summed E-state index contributed by atoms with van der Waals surface area (Å²) in [4.78, 5) is 66.6. The molecule has 1 aromatic carbocycles. The van der Waals surface area contributed by atoms with Gasteiger partial charge in [0.25, 0.3) is 0 Å². The summed E-state index contributed by atoms with van der Waals surface area (Å²) in [5, 5.41) is 24.3. The van der Waals surface area contributed by atoms with Crippen molar-refractivity contribution in [3.8, 4) is 0 Å². The molecule has 53 heavy (non-hydrogen) atoms. The van der Waals surface area contributed by atoms with E-state index >= 15 is 0 Å². The van der Waals surface area contributed by atoms with Gasteiger partial charge in [0.2, 0.25) is 5.78 Å². The fourth-order valence-corrected chi connectivity index (χ4v) is 7.48. The van der Waals surface area contributed by atoms with Gasteiger partial charge < -0.3 is 43.4 Å². The van der Waals surface area contributed by atoms with E-state index in [1.165, 1.54) is 39.8 Å². The Bertz CT molecular complexity index is 1700. The highest BCUT2D eigenvalue weighted by atomic mass is 35.6. The molecule has 292 valence electrons. The van der Waals surface area contributed by atoms with Crippen LogP contribution in [0.25, 0.3) is 0 Å². The number of benzene rings is 1. The monoisotopic (exact) mass is 864 g/mol. The molecule has 0 unspecified atom stereocenters. The maximum absolute atomic E-state index is 14.6. The molecule has 0 radical (unpaired) electrons. The van der Waals surface area contributed by atoms with E-state index in [1.54, 1.807) is 18.2 Å². The van der Waals surface area contributed by atoms with Crippen LogP contribution in [0.4, 0.5) is 9.59 Å². The molecule has 1 aliphatic heterocycles. The largest absolute Gasteiger partial charge is 0.517 e. The number of rotatable bonds is 8. The van der Waals surface area contributed by atoms with E-state index in [0.29, 0.717) is 0 Å². The van der Waals surface area contributed by atoms with E-state index in [9.17, 15) is 34.2 Å². The topological polar surface area (TPSA) is 190 Å². The number of carbonyl (C=O) groups is 5. The molecule has 6 atom stereocenters. The Kier molecular flexibility index (Phi) is 13.0. The summed E-state index contributed by atoms with van der Waals surface area (Å²) >= 11 is 33.4. The summed E-state index contributed by atoms with van der Waals surface area (Å²) in [6.07, 6.45) is -8.36. The number of aliphatic hydroxyl groups excluding tert-OH is 1. The van der Waals surface area contributed by atoms with Crippen LogP contribution in [0.2, 0.25) is 0 Å². The normalized spacial score (nSPS) is 29.9. The number of alkyl halides is 6. The summed E-state index contributed by atoms with van der Waals surface area (Å²) in [5.41, 5.74) is -6.27. The predicted molar refractivity (Wildman–Crippen MR) is 188 cm³/mol. The number of hydrogen-bond acceptors (Lipinski definition) is 14. The third-order valence-electron chi connectivity index (χ3n) is 9.48. The standard InChI is InChI=1S/C33H34Cl6O14/c1-15-19(41)13-31(46)25(50-26(43)18-9-7-6-8-10-18)22(16(2)24(23(42)21(15)29(31,4)5)49-28(45)53-33(37,38)39)30(51-17(3)40)14-48-20(30)11-12-47-27(44)52-32(34,35)36/h6-10,19-20,22,25,41,46H,11-14H2,1-5H3/b24-16+/t19-,20+,22+,25-,30-,31+/m0/s1. The Morgan fingerprint density at radius 1 is 0.943 bits per heavy atom. The van der Waals surface area contributed by atoms with Gasteiger partial charge in [0.1, 0.15) is 17.8 Å². The number of Topliss-reactive ketones (excluding diaryl/α,β-unsaturated/α-hetero) is 1. The van der Waals surface area contributed by atoms with Gasteiger partial charge in [-0.2, -0.15) is 0 Å². The summed E-state index contributed by atoms with van der Waals surface area (Å²) in [5.74, 6) is -5.24. The average molecular weight is 867 g/mol. The quantitative estimate of drug-likeness (QED) is 0.162. The van der Waals surface area contributed by atoms with Crippen molar-refractivity contribution >= 4 is 99.6 Å². The van der Waals surface area contributed by atoms with Crippen molar-refractivity contribution in [1.82, 2.24) is 0 Å². The van der Waals surface area contributed by atoms with E-state index in [0.717, 1.165) is 6.92 Å². The van der Waals surface area contributed by atoms with Crippen LogP contribution in [0, 0.1) is 11.3 Å². The van der Waals surface area contributed by atoms with Crippen molar-refractivity contribution in [2.45, 2.75) is 84.9 Å². The van der Waals surface area contributed by atoms with Crippen LogP contribution < -0.4 is 0 Å². The molecular weight excluding hydrogens is 833 g/mol. The van der Waals surface area contributed by atoms with Crippen molar-refractivity contribution < 1.29 is 67.3 Å². The zero-order chi connectivity index (χ0) is 39.9. The van der Waals surface area contributed by atoms with Crippen molar-refractivity contribution in [3.05, 3.63) is 58.4 Å². The summed E-state index contributed by atoms with van der Waals surface area (Å²) < 4.78 is 32.5. The summed E-state index contributed by atoms with van der Waals surface area (Å²) in [6, 6.07) is 7.67. The SMILES string of the molecule is CC(=O)O[C@@]1([C@@H]2/C(C)=C(/OC(=O)OC(Cl)(Cl)Cl)C(=O)C3=C(C)[C@@H](O)C[C@@](O)([C@H]2OC(=O)c2ccccc2)C3(C)C)CO[C@@H]1CCOC(=O)OC(Cl)(Cl)Cl. The Balaban J connectivity index is 2.00. The van der Waals surface area contributed by atoms with Gasteiger partial charge in [0, 0.05) is 30.8 Å².